The molecule has 0 aliphatic carbocycles. The summed E-state index contributed by atoms with van der Waals surface area (Å²) in [4.78, 5) is 23.2. The highest BCUT2D eigenvalue weighted by atomic mass is 19.1. The van der Waals surface area contributed by atoms with Crippen LogP contribution in [-0.4, -0.2) is 33.9 Å². The number of carbonyl (C=O) groups is 1. The van der Waals surface area contributed by atoms with Gasteiger partial charge in [0.2, 0.25) is 0 Å². The number of nitrogens with zero attached hydrogens (tertiary/aromatic N) is 3. The van der Waals surface area contributed by atoms with Gasteiger partial charge in [0.1, 0.15) is 11.6 Å². The monoisotopic (exact) mass is 392 g/mol. The molecule has 0 saturated heterocycles. The average molecular weight is 392 g/mol. The van der Waals surface area contributed by atoms with E-state index in [2.05, 4.69) is 22.2 Å². The maximum Gasteiger partial charge on any atom is 0.253 e. The highest BCUT2D eigenvalue weighted by Crippen LogP contribution is 2.20. The average Bonchev–Trinajstić information content (AvgIpc) is 2.75. The highest BCUT2D eigenvalue weighted by Gasteiger charge is 2.13. The van der Waals surface area contributed by atoms with Gasteiger partial charge < -0.3 is 10.2 Å². The molecule has 0 radical (unpaired) electrons. The Labute approximate surface area is 170 Å². The second-order valence-corrected chi connectivity index (χ2v) is 6.71. The molecule has 3 rings (SSSR count). The summed E-state index contributed by atoms with van der Waals surface area (Å²) in [5, 5.41) is 3.22. The molecule has 1 aromatic heterocycles. The molecule has 0 saturated carbocycles. The van der Waals surface area contributed by atoms with E-state index in [1.54, 1.807) is 24.4 Å². The summed E-state index contributed by atoms with van der Waals surface area (Å²) in [6, 6.07) is 15.2. The van der Waals surface area contributed by atoms with Gasteiger partial charge in [0.25, 0.3) is 5.91 Å². The molecule has 0 atom stereocenters. The number of rotatable bonds is 8. The van der Waals surface area contributed by atoms with Gasteiger partial charge >= 0.3 is 0 Å². The second-order valence-electron chi connectivity index (χ2n) is 6.71. The smallest absolute Gasteiger partial charge is 0.253 e. The van der Waals surface area contributed by atoms with Crippen LogP contribution in [0.4, 0.5) is 15.9 Å². The predicted molar refractivity (Wildman–Crippen MR) is 114 cm³/mol. The van der Waals surface area contributed by atoms with Crippen molar-refractivity contribution in [2.24, 2.45) is 0 Å². The molecule has 0 aliphatic rings. The summed E-state index contributed by atoms with van der Waals surface area (Å²) in [6.07, 6.45) is 3.72. The maximum absolute atomic E-state index is 13.1. The first-order valence-electron chi connectivity index (χ1n) is 9.86. The summed E-state index contributed by atoms with van der Waals surface area (Å²) in [7, 11) is 0. The third kappa shape index (κ3) is 5.38. The topological polar surface area (TPSA) is 58.1 Å². The molecule has 0 aliphatic heterocycles. The molecule has 0 fully saturated rings. The molecule has 0 bridgehead atoms. The zero-order valence-corrected chi connectivity index (χ0v) is 16.7. The Bertz CT molecular complexity index is 942. The third-order valence-electron chi connectivity index (χ3n) is 4.61. The van der Waals surface area contributed by atoms with E-state index >= 15 is 0 Å². The number of nitrogens with one attached hydrogen (secondary N) is 1. The van der Waals surface area contributed by atoms with Crippen LogP contribution < -0.4 is 5.32 Å². The van der Waals surface area contributed by atoms with Crippen LogP contribution in [0.25, 0.3) is 11.4 Å². The number of unbranched alkanes of at least 4 members (excludes halogenated alkanes) is 1. The Hall–Kier alpha value is -3.28. The quantitative estimate of drug-likeness (QED) is 0.566. The number of carbonyl (C=O) groups excluding carboxylic acids is 1. The van der Waals surface area contributed by atoms with E-state index in [0.29, 0.717) is 23.8 Å². The third-order valence-corrected chi connectivity index (χ3v) is 4.61. The van der Waals surface area contributed by atoms with Crippen LogP contribution in [-0.2, 0) is 0 Å². The normalized spacial score (nSPS) is 10.6. The number of halogens is 1. The van der Waals surface area contributed by atoms with Crippen molar-refractivity contribution in [2.45, 2.75) is 26.7 Å². The van der Waals surface area contributed by atoms with Gasteiger partial charge in [-0.2, -0.15) is 0 Å². The second kappa shape index (κ2) is 9.78. The summed E-state index contributed by atoms with van der Waals surface area (Å²) in [5.74, 6) is 0.884. The fourth-order valence-corrected chi connectivity index (χ4v) is 2.95. The van der Waals surface area contributed by atoms with Crippen molar-refractivity contribution in [3.05, 3.63) is 72.2 Å². The summed E-state index contributed by atoms with van der Waals surface area (Å²) in [5.41, 5.74) is 2.23. The first kappa shape index (κ1) is 20.5. The lowest BCUT2D eigenvalue weighted by molar-refractivity contribution is 0.0762. The maximum atomic E-state index is 13.1. The molecule has 150 valence electrons. The Kier molecular flexibility index (Phi) is 6.89. The fourth-order valence-electron chi connectivity index (χ4n) is 2.95. The number of benzene rings is 2. The zero-order valence-electron chi connectivity index (χ0n) is 16.7. The van der Waals surface area contributed by atoms with Crippen LogP contribution >= 0.6 is 0 Å². The van der Waals surface area contributed by atoms with E-state index < -0.39 is 0 Å². The van der Waals surface area contributed by atoms with E-state index in [0.717, 1.165) is 30.6 Å². The molecular formula is C23H25FN4O. The van der Waals surface area contributed by atoms with Gasteiger partial charge in [0.05, 0.1) is 0 Å². The standard InChI is InChI=1S/C23H25FN4O/c1-3-5-16-28(4-2)23(29)18-8-12-20(13-9-18)26-21-14-15-25-22(27-21)17-6-10-19(24)11-7-17/h6-15H,3-5,16H2,1-2H3,(H,25,26,27). The van der Waals surface area contributed by atoms with Crippen molar-refractivity contribution in [2.75, 3.05) is 18.4 Å². The first-order chi connectivity index (χ1) is 14.1. The highest BCUT2D eigenvalue weighted by molar-refractivity contribution is 5.94. The van der Waals surface area contributed by atoms with E-state index in [1.165, 1.54) is 12.1 Å². The molecular weight excluding hydrogens is 367 g/mol. The number of hydrogen-bond donors (Lipinski definition) is 1. The molecule has 1 amide bonds. The van der Waals surface area contributed by atoms with Crippen LogP contribution in [0, 0.1) is 5.82 Å². The van der Waals surface area contributed by atoms with Gasteiger partial charge in [-0.1, -0.05) is 13.3 Å². The van der Waals surface area contributed by atoms with E-state index in [9.17, 15) is 9.18 Å². The summed E-state index contributed by atoms with van der Waals surface area (Å²) in [6.45, 7) is 5.59. The lowest BCUT2D eigenvalue weighted by Gasteiger charge is -2.20. The number of amides is 1. The Morgan fingerprint density at radius 1 is 1.03 bits per heavy atom. The largest absolute Gasteiger partial charge is 0.340 e. The summed E-state index contributed by atoms with van der Waals surface area (Å²) >= 11 is 0. The molecule has 3 aromatic rings. The van der Waals surface area contributed by atoms with Crippen molar-refractivity contribution in [3.8, 4) is 11.4 Å². The van der Waals surface area contributed by atoms with Gasteiger partial charge in [0.15, 0.2) is 5.82 Å². The Morgan fingerprint density at radius 3 is 2.41 bits per heavy atom. The Morgan fingerprint density at radius 2 is 1.76 bits per heavy atom. The van der Waals surface area contributed by atoms with Gasteiger partial charge in [-0.25, -0.2) is 14.4 Å². The fraction of sp³-hybridized carbons (Fsp3) is 0.261. The number of hydrogen-bond acceptors (Lipinski definition) is 4. The van der Waals surface area contributed by atoms with Crippen molar-refractivity contribution >= 4 is 17.4 Å². The molecule has 2 aromatic carbocycles. The van der Waals surface area contributed by atoms with E-state index in [4.69, 9.17) is 0 Å². The van der Waals surface area contributed by atoms with Gasteiger partial charge in [-0.05, 0) is 67.9 Å². The van der Waals surface area contributed by atoms with Crippen molar-refractivity contribution < 1.29 is 9.18 Å². The minimum absolute atomic E-state index is 0.0492. The molecule has 1 heterocycles. The molecule has 29 heavy (non-hydrogen) atoms. The molecule has 6 heteroatoms. The van der Waals surface area contributed by atoms with E-state index in [-0.39, 0.29) is 11.7 Å². The van der Waals surface area contributed by atoms with E-state index in [1.807, 2.05) is 36.1 Å². The molecule has 1 N–H and O–H groups in total. The Balaban J connectivity index is 1.70. The molecule has 0 spiro atoms. The van der Waals surface area contributed by atoms with Crippen LogP contribution in [0.2, 0.25) is 0 Å². The minimum atomic E-state index is -0.297. The minimum Gasteiger partial charge on any atom is -0.340 e. The lowest BCUT2D eigenvalue weighted by atomic mass is 10.1. The molecule has 5 nitrogen and oxygen atoms in total. The van der Waals surface area contributed by atoms with Crippen LogP contribution in [0.1, 0.15) is 37.0 Å². The predicted octanol–water partition coefficient (Wildman–Crippen LogP) is 5.29. The first-order valence-corrected chi connectivity index (χ1v) is 9.86. The van der Waals surface area contributed by atoms with Crippen molar-refractivity contribution in [1.29, 1.82) is 0 Å². The van der Waals surface area contributed by atoms with Crippen molar-refractivity contribution in [3.63, 3.8) is 0 Å². The molecule has 0 unspecified atom stereocenters. The number of anilines is 2. The SMILES string of the molecule is CCCCN(CC)C(=O)c1ccc(Nc2ccnc(-c3ccc(F)cc3)n2)cc1. The van der Waals surface area contributed by atoms with Gasteiger partial charge in [-0.15, -0.1) is 0 Å². The van der Waals surface area contributed by atoms with Crippen LogP contribution in [0.3, 0.4) is 0 Å². The van der Waals surface area contributed by atoms with Crippen LogP contribution in [0.15, 0.2) is 60.8 Å². The van der Waals surface area contributed by atoms with Gasteiger partial charge in [-0.3, -0.25) is 4.79 Å². The van der Waals surface area contributed by atoms with Crippen molar-refractivity contribution in [1.82, 2.24) is 14.9 Å². The van der Waals surface area contributed by atoms with Gasteiger partial charge in [0, 0.05) is 36.1 Å². The summed E-state index contributed by atoms with van der Waals surface area (Å²) < 4.78 is 13.1. The lowest BCUT2D eigenvalue weighted by Crippen LogP contribution is -2.31. The zero-order chi connectivity index (χ0) is 20.6. The number of aromatic nitrogens is 2. The van der Waals surface area contributed by atoms with Crippen LogP contribution in [0.5, 0.6) is 0 Å².